The van der Waals surface area contributed by atoms with Gasteiger partial charge >= 0.3 is 0 Å². The van der Waals surface area contributed by atoms with E-state index in [-0.39, 0.29) is 23.4 Å². The van der Waals surface area contributed by atoms with Crippen LogP contribution in [0.3, 0.4) is 0 Å². The molecule has 1 aromatic heterocycles. The van der Waals surface area contributed by atoms with E-state index in [1.165, 1.54) is 9.58 Å². The molecule has 0 saturated carbocycles. The predicted octanol–water partition coefficient (Wildman–Crippen LogP) is -1.31. The van der Waals surface area contributed by atoms with Crippen LogP contribution in [0.5, 0.6) is 0 Å². The van der Waals surface area contributed by atoms with Crippen molar-refractivity contribution in [2.45, 2.75) is 13.5 Å². The highest BCUT2D eigenvalue weighted by atomic mass is 16.2. The average Bonchev–Trinajstić information content (AvgIpc) is 2.85. The lowest BCUT2D eigenvalue weighted by Crippen LogP contribution is -2.37. The average molecular weight is 268 g/mol. The third-order valence-electron chi connectivity index (χ3n) is 2.70. The highest BCUT2D eigenvalue weighted by Crippen LogP contribution is 2.03. The molecule has 1 heterocycles. The lowest BCUT2D eigenvalue weighted by Gasteiger charge is -2.19. The van der Waals surface area contributed by atoms with E-state index < -0.39 is 0 Å². The van der Waals surface area contributed by atoms with Crippen molar-refractivity contribution in [3.8, 4) is 0 Å². The molecular weight excluding hydrogens is 248 g/mol. The Morgan fingerprint density at radius 3 is 2.84 bits per heavy atom. The summed E-state index contributed by atoms with van der Waals surface area (Å²) in [6.45, 7) is 3.02. The number of amides is 2. The Bertz CT molecular complexity index is 444. The zero-order valence-electron chi connectivity index (χ0n) is 11.5. The molecule has 0 aliphatic carbocycles. The van der Waals surface area contributed by atoms with E-state index in [0.717, 1.165) is 0 Å². The zero-order valence-corrected chi connectivity index (χ0v) is 11.5. The molecule has 0 spiro atoms. The van der Waals surface area contributed by atoms with E-state index in [1.807, 2.05) is 0 Å². The normalized spacial score (nSPS) is 12.0. The number of nitrogens with one attached hydrogen (secondary N) is 1. The summed E-state index contributed by atoms with van der Waals surface area (Å²) in [5.74, 6) is -0.650. The molecule has 0 aromatic carbocycles. The second kappa shape index (κ2) is 6.83. The minimum absolute atomic E-state index is 0.105. The molecule has 8 nitrogen and oxygen atoms in total. The van der Waals surface area contributed by atoms with Crippen LogP contribution < -0.4 is 11.1 Å². The first kappa shape index (κ1) is 15.1. The van der Waals surface area contributed by atoms with E-state index in [1.54, 1.807) is 27.2 Å². The molecule has 0 aliphatic rings. The molecule has 0 saturated heterocycles. The molecule has 0 fully saturated rings. The van der Waals surface area contributed by atoms with E-state index in [0.29, 0.717) is 19.6 Å². The first-order valence-electron chi connectivity index (χ1n) is 6.06. The van der Waals surface area contributed by atoms with Gasteiger partial charge in [0.2, 0.25) is 5.91 Å². The number of nitrogens with zero attached hydrogens (tertiary/aromatic N) is 4. The van der Waals surface area contributed by atoms with Crippen molar-refractivity contribution in [2.75, 3.05) is 27.2 Å². The van der Waals surface area contributed by atoms with Crippen LogP contribution in [0.25, 0.3) is 0 Å². The van der Waals surface area contributed by atoms with Gasteiger partial charge in [0.05, 0.1) is 18.7 Å². The number of rotatable bonds is 6. The SMILES string of the molecule is CNC(=O)C(C)CN(C)C(=O)c1cn(CCN)nn1. The minimum atomic E-state index is -0.280. The maximum Gasteiger partial charge on any atom is 0.275 e. The molecule has 1 aromatic rings. The maximum atomic E-state index is 12.1. The first-order chi connectivity index (χ1) is 8.99. The predicted molar refractivity (Wildman–Crippen MR) is 69.3 cm³/mol. The van der Waals surface area contributed by atoms with Gasteiger partial charge in [0, 0.05) is 27.2 Å². The fourth-order valence-corrected chi connectivity index (χ4v) is 1.66. The number of aromatic nitrogens is 3. The van der Waals surface area contributed by atoms with Crippen LogP contribution >= 0.6 is 0 Å². The van der Waals surface area contributed by atoms with Crippen molar-refractivity contribution in [1.29, 1.82) is 0 Å². The second-order valence-corrected chi connectivity index (χ2v) is 4.36. The molecule has 1 rings (SSSR count). The van der Waals surface area contributed by atoms with Crippen LogP contribution in [-0.2, 0) is 11.3 Å². The molecule has 106 valence electrons. The number of hydrogen-bond acceptors (Lipinski definition) is 5. The molecule has 1 atom stereocenters. The molecule has 8 heteroatoms. The largest absolute Gasteiger partial charge is 0.359 e. The standard InChI is InChI=1S/C11H20N6O2/c1-8(10(18)13-2)6-16(3)11(19)9-7-17(5-4-12)15-14-9/h7-8H,4-6,12H2,1-3H3,(H,13,18). The summed E-state index contributed by atoms with van der Waals surface area (Å²) in [5, 5.41) is 10.1. The molecule has 3 N–H and O–H groups in total. The van der Waals surface area contributed by atoms with Gasteiger partial charge < -0.3 is 16.0 Å². The Labute approximate surface area is 111 Å². The maximum absolute atomic E-state index is 12.1. The van der Waals surface area contributed by atoms with Gasteiger partial charge in [0.15, 0.2) is 5.69 Å². The Kier molecular flexibility index (Phi) is 5.43. The van der Waals surface area contributed by atoms with Crippen LogP contribution in [0.15, 0.2) is 6.20 Å². The molecule has 2 amide bonds. The van der Waals surface area contributed by atoms with Crippen LogP contribution in [-0.4, -0.2) is 58.9 Å². The lowest BCUT2D eigenvalue weighted by atomic mass is 10.1. The summed E-state index contributed by atoms with van der Waals surface area (Å²) in [5.41, 5.74) is 5.64. The summed E-state index contributed by atoms with van der Waals surface area (Å²) in [6, 6.07) is 0. The van der Waals surface area contributed by atoms with E-state index in [9.17, 15) is 9.59 Å². The Hall–Kier alpha value is -1.96. The third-order valence-corrected chi connectivity index (χ3v) is 2.70. The number of carbonyl (C=O) groups is 2. The summed E-state index contributed by atoms with van der Waals surface area (Å²) >= 11 is 0. The topological polar surface area (TPSA) is 106 Å². The molecule has 0 radical (unpaired) electrons. The lowest BCUT2D eigenvalue weighted by molar-refractivity contribution is -0.124. The summed E-state index contributed by atoms with van der Waals surface area (Å²) in [4.78, 5) is 24.9. The Morgan fingerprint density at radius 2 is 2.26 bits per heavy atom. The van der Waals surface area contributed by atoms with Crippen molar-refractivity contribution < 1.29 is 9.59 Å². The number of hydrogen-bond donors (Lipinski definition) is 2. The molecule has 0 aliphatic heterocycles. The third kappa shape index (κ3) is 4.02. The number of nitrogens with two attached hydrogens (primary N) is 1. The molecule has 0 bridgehead atoms. The fraction of sp³-hybridized carbons (Fsp3) is 0.636. The second-order valence-electron chi connectivity index (χ2n) is 4.36. The minimum Gasteiger partial charge on any atom is -0.359 e. The van der Waals surface area contributed by atoms with Crippen molar-refractivity contribution >= 4 is 11.8 Å². The van der Waals surface area contributed by atoms with Crippen LogP contribution in [0.4, 0.5) is 0 Å². The molecular formula is C11H20N6O2. The van der Waals surface area contributed by atoms with E-state index in [2.05, 4.69) is 15.6 Å². The molecule has 1 unspecified atom stereocenters. The Morgan fingerprint density at radius 1 is 1.58 bits per heavy atom. The van der Waals surface area contributed by atoms with E-state index in [4.69, 9.17) is 5.73 Å². The van der Waals surface area contributed by atoms with Gasteiger partial charge in [-0.25, -0.2) is 0 Å². The first-order valence-corrected chi connectivity index (χ1v) is 6.06. The van der Waals surface area contributed by atoms with Crippen molar-refractivity contribution in [3.63, 3.8) is 0 Å². The smallest absolute Gasteiger partial charge is 0.275 e. The van der Waals surface area contributed by atoms with Gasteiger partial charge in [-0.2, -0.15) is 0 Å². The van der Waals surface area contributed by atoms with Gasteiger partial charge in [-0.15, -0.1) is 5.10 Å². The fourth-order valence-electron chi connectivity index (χ4n) is 1.66. The number of carbonyl (C=O) groups excluding carboxylic acids is 2. The van der Waals surface area contributed by atoms with Gasteiger partial charge in [0.25, 0.3) is 5.91 Å². The quantitative estimate of drug-likeness (QED) is 0.666. The summed E-state index contributed by atoms with van der Waals surface area (Å²) in [6.07, 6.45) is 1.55. The van der Waals surface area contributed by atoms with Crippen LogP contribution in [0, 0.1) is 5.92 Å². The van der Waals surface area contributed by atoms with Crippen LogP contribution in [0.1, 0.15) is 17.4 Å². The zero-order chi connectivity index (χ0) is 14.4. The van der Waals surface area contributed by atoms with Crippen molar-refractivity contribution in [1.82, 2.24) is 25.2 Å². The highest BCUT2D eigenvalue weighted by molar-refractivity contribution is 5.92. The van der Waals surface area contributed by atoms with Gasteiger partial charge in [-0.05, 0) is 0 Å². The highest BCUT2D eigenvalue weighted by Gasteiger charge is 2.20. The Balaban J connectivity index is 2.63. The monoisotopic (exact) mass is 268 g/mol. The van der Waals surface area contributed by atoms with Crippen molar-refractivity contribution in [3.05, 3.63) is 11.9 Å². The van der Waals surface area contributed by atoms with Gasteiger partial charge in [-0.1, -0.05) is 12.1 Å². The van der Waals surface area contributed by atoms with Crippen molar-refractivity contribution in [2.24, 2.45) is 11.7 Å². The van der Waals surface area contributed by atoms with Gasteiger partial charge in [0.1, 0.15) is 0 Å². The van der Waals surface area contributed by atoms with E-state index >= 15 is 0 Å². The summed E-state index contributed by atoms with van der Waals surface area (Å²) < 4.78 is 1.52. The molecule has 19 heavy (non-hydrogen) atoms. The van der Waals surface area contributed by atoms with Gasteiger partial charge in [-0.3, -0.25) is 14.3 Å². The van der Waals surface area contributed by atoms with Crippen LogP contribution in [0.2, 0.25) is 0 Å². The summed E-state index contributed by atoms with van der Waals surface area (Å²) in [7, 11) is 3.20.